The summed E-state index contributed by atoms with van der Waals surface area (Å²) in [5, 5.41) is 17.8. The van der Waals surface area contributed by atoms with Crippen molar-refractivity contribution < 1.29 is 23.1 Å². The largest absolute Gasteiger partial charge is 0.507 e. The van der Waals surface area contributed by atoms with Gasteiger partial charge in [-0.2, -0.15) is 18.4 Å². The zero-order valence-electron chi connectivity index (χ0n) is 8.18. The third-order valence-corrected chi connectivity index (χ3v) is 2.24. The Morgan fingerprint density at radius 2 is 2.06 bits per heavy atom. The highest BCUT2D eigenvalue weighted by atomic mass is 35.5. The highest BCUT2D eigenvalue weighted by Crippen LogP contribution is 2.39. The normalized spacial score (nSPS) is 11.0. The molecule has 17 heavy (non-hydrogen) atoms. The molecule has 0 aromatic heterocycles. The van der Waals surface area contributed by atoms with Gasteiger partial charge in [-0.05, 0) is 12.1 Å². The van der Waals surface area contributed by atoms with Crippen LogP contribution in [0, 0.1) is 11.3 Å². The van der Waals surface area contributed by atoms with Crippen LogP contribution in [0.25, 0.3) is 0 Å². The Morgan fingerprint density at radius 1 is 1.47 bits per heavy atom. The Labute approximate surface area is 99.0 Å². The Morgan fingerprint density at radius 3 is 2.47 bits per heavy atom. The molecule has 3 nitrogen and oxygen atoms in total. The molecule has 1 aromatic carbocycles. The van der Waals surface area contributed by atoms with Gasteiger partial charge in [-0.25, -0.2) is 0 Å². The number of carbonyl (C=O) groups excluding carboxylic acids is 1. The SMILES string of the molecule is N#Cc1c(C(=O)CCl)ccc(O)c1C(F)(F)F. The zero-order chi connectivity index (χ0) is 13.2. The average Bonchev–Trinajstić information content (AvgIpc) is 2.25. The third kappa shape index (κ3) is 2.50. The van der Waals surface area contributed by atoms with E-state index in [0.29, 0.717) is 6.07 Å². The first-order chi connectivity index (χ1) is 7.82. The molecule has 1 aromatic rings. The van der Waals surface area contributed by atoms with Gasteiger partial charge >= 0.3 is 6.18 Å². The van der Waals surface area contributed by atoms with Crippen molar-refractivity contribution in [3.8, 4) is 11.8 Å². The predicted molar refractivity (Wildman–Crippen MR) is 52.9 cm³/mol. The molecule has 0 atom stereocenters. The fourth-order valence-corrected chi connectivity index (χ4v) is 1.44. The van der Waals surface area contributed by atoms with E-state index in [9.17, 15) is 18.0 Å². The van der Waals surface area contributed by atoms with Crippen LogP contribution in [0.4, 0.5) is 13.2 Å². The van der Waals surface area contributed by atoms with Crippen LogP contribution in [-0.4, -0.2) is 16.8 Å². The molecular formula is C10H5ClF3NO2. The number of alkyl halides is 4. The summed E-state index contributed by atoms with van der Waals surface area (Å²) in [6, 6.07) is 2.92. The van der Waals surface area contributed by atoms with Crippen molar-refractivity contribution in [3.05, 3.63) is 28.8 Å². The first kappa shape index (κ1) is 13.3. The van der Waals surface area contributed by atoms with Crippen LogP contribution >= 0.6 is 11.6 Å². The highest BCUT2D eigenvalue weighted by molar-refractivity contribution is 6.30. The molecule has 90 valence electrons. The number of aromatic hydroxyl groups is 1. The number of benzene rings is 1. The molecule has 7 heteroatoms. The maximum Gasteiger partial charge on any atom is 0.421 e. The van der Waals surface area contributed by atoms with Gasteiger partial charge in [-0.3, -0.25) is 4.79 Å². The molecule has 0 bridgehead atoms. The molecule has 0 saturated heterocycles. The maximum absolute atomic E-state index is 12.6. The molecule has 0 saturated carbocycles. The van der Waals surface area contributed by atoms with Crippen LogP contribution in [0.5, 0.6) is 5.75 Å². The standard InChI is InChI=1S/C10H5ClF3NO2/c11-3-8(17)5-1-2-7(16)9(6(5)4-15)10(12,13)14/h1-2,16H,3H2. The van der Waals surface area contributed by atoms with Gasteiger partial charge in [0.15, 0.2) is 5.78 Å². The summed E-state index contributed by atoms with van der Waals surface area (Å²) in [4.78, 5) is 11.3. The number of hydrogen-bond acceptors (Lipinski definition) is 3. The van der Waals surface area contributed by atoms with Gasteiger partial charge < -0.3 is 5.11 Å². The Bertz CT molecular complexity index is 505. The third-order valence-electron chi connectivity index (χ3n) is 2.00. The predicted octanol–water partition coefficient (Wildman–Crippen LogP) is 2.70. The summed E-state index contributed by atoms with van der Waals surface area (Å²) < 4.78 is 37.8. The van der Waals surface area contributed by atoms with Crippen LogP contribution < -0.4 is 0 Å². The molecule has 1 rings (SSSR count). The molecule has 0 spiro atoms. The van der Waals surface area contributed by atoms with Gasteiger partial charge in [0.1, 0.15) is 17.4 Å². The topological polar surface area (TPSA) is 61.1 Å². The van der Waals surface area contributed by atoms with E-state index < -0.39 is 40.3 Å². The summed E-state index contributed by atoms with van der Waals surface area (Å²) >= 11 is 5.22. The minimum Gasteiger partial charge on any atom is -0.507 e. The quantitative estimate of drug-likeness (QED) is 0.659. The molecule has 0 fully saturated rings. The van der Waals surface area contributed by atoms with Gasteiger partial charge in [-0.1, -0.05) is 0 Å². The number of hydrogen-bond donors (Lipinski definition) is 1. The summed E-state index contributed by atoms with van der Waals surface area (Å²) in [5.41, 5.74) is -2.88. The van der Waals surface area contributed by atoms with Gasteiger partial charge in [0.05, 0.1) is 11.4 Å². The number of halogens is 4. The molecule has 0 aliphatic rings. The lowest BCUT2D eigenvalue weighted by atomic mass is 9.98. The van der Waals surface area contributed by atoms with Crippen LogP contribution in [0.15, 0.2) is 12.1 Å². The van der Waals surface area contributed by atoms with E-state index in [1.807, 2.05) is 0 Å². The van der Waals surface area contributed by atoms with Gasteiger partial charge in [-0.15, -0.1) is 11.6 Å². The van der Waals surface area contributed by atoms with E-state index in [4.69, 9.17) is 22.0 Å². The first-order valence-corrected chi connectivity index (χ1v) is 4.78. The number of nitrogens with zero attached hydrogens (tertiary/aromatic N) is 1. The van der Waals surface area contributed by atoms with Crippen LogP contribution in [0.3, 0.4) is 0 Å². The van der Waals surface area contributed by atoms with Crippen molar-refractivity contribution in [1.82, 2.24) is 0 Å². The molecule has 0 amide bonds. The van der Waals surface area contributed by atoms with Crippen molar-refractivity contribution in [3.63, 3.8) is 0 Å². The fourth-order valence-electron chi connectivity index (χ4n) is 1.30. The molecule has 1 N–H and O–H groups in total. The number of phenols is 1. The van der Waals surface area contributed by atoms with Gasteiger partial charge in [0.2, 0.25) is 0 Å². The molecular weight excluding hydrogens is 259 g/mol. The van der Waals surface area contributed by atoms with Crippen molar-refractivity contribution >= 4 is 17.4 Å². The Kier molecular flexibility index (Phi) is 3.63. The van der Waals surface area contributed by atoms with Crippen molar-refractivity contribution in [2.24, 2.45) is 0 Å². The summed E-state index contributed by atoms with van der Waals surface area (Å²) in [7, 11) is 0. The van der Waals surface area contributed by atoms with Gasteiger partial charge in [0, 0.05) is 5.56 Å². The number of phenolic OH excluding ortho intramolecular Hbond substituents is 1. The monoisotopic (exact) mass is 263 g/mol. The Balaban J connectivity index is 3.61. The van der Waals surface area contributed by atoms with E-state index in [1.165, 1.54) is 6.07 Å². The second kappa shape index (κ2) is 4.63. The van der Waals surface area contributed by atoms with E-state index in [-0.39, 0.29) is 0 Å². The lowest BCUT2D eigenvalue weighted by Crippen LogP contribution is -2.13. The van der Waals surface area contributed by atoms with Crippen LogP contribution in [-0.2, 0) is 6.18 Å². The molecule has 0 heterocycles. The molecule has 0 unspecified atom stereocenters. The highest BCUT2D eigenvalue weighted by Gasteiger charge is 2.38. The average molecular weight is 264 g/mol. The summed E-state index contributed by atoms with van der Waals surface area (Å²) in [5.74, 6) is -2.45. The first-order valence-electron chi connectivity index (χ1n) is 4.25. The minimum atomic E-state index is -4.92. The number of carbonyl (C=O) groups is 1. The summed E-state index contributed by atoms with van der Waals surface area (Å²) in [6.07, 6.45) is -4.92. The molecule has 0 aliphatic heterocycles. The zero-order valence-corrected chi connectivity index (χ0v) is 8.93. The van der Waals surface area contributed by atoms with Crippen molar-refractivity contribution in [2.45, 2.75) is 6.18 Å². The lowest BCUT2D eigenvalue weighted by Gasteiger charge is -2.12. The number of nitriles is 1. The maximum atomic E-state index is 12.6. The smallest absolute Gasteiger partial charge is 0.421 e. The lowest BCUT2D eigenvalue weighted by molar-refractivity contribution is -0.139. The second-order valence-electron chi connectivity index (χ2n) is 3.05. The van der Waals surface area contributed by atoms with Crippen molar-refractivity contribution in [2.75, 3.05) is 5.88 Å². The van der Waals surface area contributed by atoms with E-state index in [2.05, 4.69) is 0 Å². The van der Waals surface area contributed by atoms with E-state index in [0.717, 1.165) is 6.07 Å². The Hall–Kier alpha value is -1.74. The minimum absolute atomic E-state index is 0.451. The van der Waals surface area contributed by atoms with Crippen molar-refractivity contribution in [1.29, 1.82) is 5.26 Å². The van der Waals surface area contributed by atoms with E-state index in [1.54, 1.807) is 0 Å². The fraction of sp³-hybridized carbons (Fsp3) is 0.200. The van der Waals surface area contributed by atoms with Gasteiger partial charge in [0.25, 0.3) is 0 Å². The number of rotatable bonds is 2. The summed E-state index contributed by atoms with van der Waals surface area (Å²) in [6.45, 7) is 0. The van der Waals surface area contributed by atoms with Crippen LogP contribution in [0.1, 0.15) is 21.5 Å². The number of ketones is 1. The van der Waals surface area contributed by atoms with E-state index >= 15 is 0 Å². The molecule has 0 aliphatic carbocycles. The van der Waals surface area contributed by atoms with Crippen LogP contribution in [0.2, 0.25) is 0 Å². The molecule has 0 radical (unpaired) electrons. The number of Topliss-reactive ketones (excluding diaryl/α,β-unsaturated/α-hetero) is 1. The second-order valence-corrected chi connectivity index (χ2v) is 3.32.